The molecule has 0 N–H and O–H groups in total. The number of alkyl halides is 1. The molecule has 0 aliphatic heterocycles. The molecule has 0 aliphatic rings. The monoisotopic (exact) mass is 195 g/mol. The van der Waals surface area contributed by atoms with Crippen molar-refractivity contribution in [1.29, 1.82) is 0 Å². The highest BCUT2D eigenvalue weighted by Crippen LogP contribution is 2.23. The average Bonchev–Trinajstić information content (AvgIpc) is 2.20. The zero-order valence-corrected chi connectivity index (χ0v) is 8.72. The molecule has 1 radical (unpaired) electrons. The third-order valence-corrected chi connectivity index (χ3v) is 2.16. The van der Waals surface area contributed by atoms with Crippen LogP contribution in [0.15, 0.2) is 18.2 Å². The van der Waals surface area contributed by atoms with Crippen LogP contribution in [0.2, 0.25) is 0 Å². The van der Waals surface area contributed by atoms with E-state index in [0.29, 0.717) is 6.61 Å². The summed E-state index contributed by atoms with van der Waals surface area (Å²) in [5, 5.41) is 0. The van der Waals surface area contributed by atoms with Crippen LogP contribution in [0.3, 0.4) is 0 Å². The molecule has 0 bridgehead atoms. The largest absolute Gasteiger partial charge is 0.494 e. The van der Waals surface area contributed by atoms with Crippen LogP contribution in [0.1, 0.15) is 24.0 Å². The van der Waals surface area contributed by atoms with E-state index in [1.807, 2.05) is 32.0 Å². The molecule has 1 atom stereocenters. The molecule has 0 saturated carbocycles. The predicted octanol–water partition coefficient (Wildman–Crippen LogP) is 3.28. The van der Waals surface area contributed by atoms with Gasteiger partial charge in [0, 0.05) is 5.92 Å². The zero-order valence-electron chi connectivity index (χ0n) is 8.72. The van der Waals surface area contributed by atoms with Crippen molar-refractivity contribution in [1.82, 2.24) is 0 Å². The highest BCUT2D eigenvalue weighted by molar-refractivity contribution is 5.37. The first-order valence-corrected chi connectivity index (χ1v) is 4.81. The van der Waals surface area contributed by atoms with Crippen LogP contribution < -0.4 is 4.74 Å². The summed E-state index contributed by atoms with van der Waals surface area (Å²) in [6, 6.07) is 5.68. The fourth-order valence-corrected chi connectivity index (χ4v) is 1.33. The second-order valence-electron chi connectivity index (χ2n) is 3.31. The second kappa shape index (κ2) is 4.99. The van der Waals surface area contributed by atoms with Gasteiger partial charge < -0.3 is 4.74 Å². The van der Waals surface area contributed by atoms with Crippen molar-refractivity contribution in [2.45, 2.75) is 19.8 Å². The van der Waals surface area contributed by atoms with E-state index in [0.717, 1.165) is 16.9 Å². The molecule has 0 saturated heterocycles. The maximum absolute atomic E-state index is 12.4. The van der Waals surface area contributed by atoms with Crippen LogP contribution >= 0.6 is 0 Å². The van der Waals surface area contributed by atoms with Gasteiger partial charge in [-0.1, -0.05) is 12.1 Å². The first-order chi connectivity index (χ1) is 6.69. The predicted molar refractivity (Wildman–Crippen MR) is 56.4 cm³/mol. The number of aryl methyl sites for hydroxylation is 1. The summed E-state index contributed by atoms with van der Waals surface area (Å²) < 4.78 is 17.7. The van der Waals surface area contributed by atoms with Crippen LogP contribution in [0, 0.1) is 13.8 Å². The Bertz CT molecular complexity index is 296. The lowest BCUT2D eigenvalue weighted by Gasteiger charge is -2.11. The van der Waals surface area contributed by atoms with Crippen molar-refractivity contribution in [2.75, 3.05) is 13.3 Å². The van der Waals surface area contributed by atoms with Gasteiger partial charge in [-0.15, -0.1) is 0 Å². The first kappa shape index (κ1) is 11.0. The summed E-state index contributed by atoms with van der Waals surface area (Å²) in [5.41, 5.74) is 1.96. The Morgan fingerprint density at radius 3 is 2.71 bits per heavy atom. The van der Waals surface area contributed by atoms with E-state index in [-0.39, 0.29) is 5.92 Å². The van der Waals surface area contributed by atoms with Gasteiger partial charge in [0.25, 0.3) is 0 Å². The van der Waals surface area contributed by atoms with E-state index < -0.39 is 6.67 Å². The van der Waals surface area contributed by atoms with E-state index in [4.69, 9.17) is 4.74 Å². The quantitative estimate of drug-likeness (QED) is 0.716. The normalized spacial score (nSPS) is 12.6. The third kappa shape index (κ3) is 2.47. The van der Waals surface area contributed by atoms with Gasteiger partial charge in [0.2, 0.25) is 0 Å². The van der Waals surface area contributed by atoms with Gasteiger partial charge in [-0.05, 0) is 38.0 Å². The maximum Gasteiger partial charge on any atom is 0.122 e. The molecule has 0 aromatic heterocycles. The first-order valence-electron chi connectivity index (χ1n) is 4.81. The number of hydrogen-bond donors (Lipinski definition) is 0. The summed E-state index contributed by atoms with van der Waals surface area (Å²) in [6.45, 7) is 7.86. The van der Waals surface area contributed by atoms with Crippen LogP contribution in [0.4, 0.5) is 4.39 Å². The Morgan fingerprint density at radius 2 is 2.21 bits per heavy atom. The van der Waals surface area contributed by atoms with Gasteiger partial charge in [0.15, 0.2) is 0 Å². The number of hydrogen-bond acceptors (Lipinski definition) is 1. The smallest absolute Gasteiger partial charge is 0.122 e. The number of ether oxygens (including phenoxy) is 1. The molecular formula is C12H16FO. The zero-order chi connectivity index (χ0) is 10.6. The summed E-state index contributed by atoms with van der Waals surface area (Å²) >= 11 is 0. The van der Waals surface area contributed by atoms with Gasteiger partial charge in [0.05, 0.1) is 13.3 Å². The Labute approximate surface area is 84.9 Å². The Balaban J connectivity index is 2.88. The topological polar surface area (TPSA) is 9.23 Å². The van der Waals surface area contributed by atoms with Crippen molar-refractivity contribution in [3.8, 4) is 5.75 Å². The fraction of sp³-hybridized carbons (Fsp3) is 0.417. The van der Waals surface area contributed by atoms with Gasteiger partial charge in [-0.3, -0.25) is 4.39 Å². The summed E-state index contributed by atoms with van der Waals surface area (Å²) in [4.78, 5) is 0. The Hall–Kier alpha value is -1.05. The van der Waals surface area contributed by atoms with Crippen molar-refractivity contribution < 1.29 is 9.13 Å². The van der Waals surface area contributed by atoms with Crippen molar-refractivity contribution in [3.63, 3.8) is 0 Å². The molecule has 1 unspecified atom stereocenters. The molecule has 0 aliphatic carbocycles. The lowest BCUT2D eigenvalue weighted by Crippen LogP contribution is -1.99. The fourth-order valence-electron chi connectivity index (χ4n) is 1.33. The molecule has 1 rings (SSSR count). The maximum atomic E-state index is 12.4. The van der Waals surface area contributed by atoms with Gasteiger partial charge in [-0.25, -0.2) is 0 Å². The minimum Gasteiger partial charge on any atom is -0.494 e. The van der Waals surface area contributed by atoms with Crippen LogP contribution in [-0.2, 0) is 0 Å². The van der Waals surface area contributed by atoms with Crippen LogP contribution in [0.5, 0.6) is 5.75 Å². The van der Waals surface area contributed by atoms with Crippen LogP contribution in [0.25, 0.3) is 0 Å². The molecule has 0 heterocycles. The van der Waals surface area contributed by atoms with E-state index in [1.165, 1.54) is 0 Å². The Kier molecular flexibility index (Phi) is 3.93. The van der Waals surface area contributed by atoms with E-state index in [2.05, 4.69) is 6.92 Å². The molecule has 1 nitrogen and oxygen atoms in total. The highest BCUT2D eigenvalue weighted by Gasteiger charge is 2.07. The molecule has 0 fully saturated rings. The van der Waals surface area contributed by atoms with Crippen molar-refractivity contribution in [2.24, 2.45) is 0 Å². The summed E-state index contributed by atoms with van der Waals surface area (Å²) in [5.74, 6) is 0.590. The highest BCUT2D eigenvalue weighted by atomic mass is 19.1. The number of benzene rings is 1. The van der Waals surface area contributed by atoms with Gasteiger partial charge >= 0.3 is 0 Å². The molecule has 2 heteroatoms. The third-order valence-electron chi connectivity index (χ3n) is 2.16. The minimum atomic E-state index is -0.423. The molecular weight excluding hydrogens is 179 g/mol. The van der Waals surface area contributed by atoms with E-state index in [1.54, 1.807) is 0 Å². The van der Waals surface area contributed by atoms with Crippen molar-refractivity contribution in [3.05, 3.63) is 36.2 Å². The minimum absolute atomic E-state index is 0.274. The molecule has 1 aromatic rings. The summed E-state index contributed by atoms with van der Waals surface area (Å²) in [7, 11) is 0. The van der Waals surface area contributed by atoms with E-state index >= 15 is 0 Å². The van der Waals surface area contributed by atoms with Gasteiger partial charge in [0.1, 0.15) is 5.75 Å². The number of rotatable bonds is 4. The van der Waals surface area contributed by atoms with Gasteiger partial charge in [-0.2, -0.15) is 0 Å². The number of halogens is 1. The Morgan fingerprint density at radius 1 is 1.50 bits per heavy atom. The average molecular weight is 195 g/mol. The standard InChI is InChI=1S/C12H16FO/c1-4-14-12-6-5-11(7-9(12)2)10(3)8-13/h5-7,10H,3-4,8H2,1-2H3. The molecule has 77 valence electrons. The van der Waals surface area contributed by atoms with Crippen LogP contribution in [-0.4, -0.2) is 13.3 Å². The molecule has 0 spiro atoms. The second-order valence-corrected chi connectivity index (χ2v) is 3.31. The van der Waals surface area contributed by atoms with Crippen molar-refractivity contribution >= 4 is 0 Å². The molecule has 1 aromatic carbocycles. The lowest BCUT2D eigenvalue weighted by atomic mass is 10.0. The van der Waals surface area contributed by atoms with E-state index in [9.17, 15) is 4.39 Å². The SMILES string of the molecule is [CH2]C(CF)c1ccc(OCC)c(C)c1. The lowest BCUT2D eigenvalue weighted by molar-refractivity contribution is 0.337. The molecule has 14 heavy (non-hydrogen) atoms. The summed E-state index contributed by atoms with van der Waals surface area (Å²) in [6.07, 6.45) is 0. The molecule has 0 amide bonds.